The van der Waals surface area contributed by atoms with Gasteiger partial charge in [-0.1, -0.05) is 0 Å². The minimum atomic E-state index is -0.327. The van der Waals surface area contributed by atoms with Crippen molar-refractivity contribution in [1.29, 1.82) is 0 Å². The summed E-state index contributed by atoms with van der Waals surface area (Å²) in [6, 6.07) is 5.48. The van der Waals surface area contributed by atoms with Crippen molar-refractivity contribution in [1.82, 2.24) is 0 Å². The number of nitro groups is 1. The van der Waals surface area contributed by atoms with E-state index in [0.29, 0.717) is 17.5 Å². The van der Waals surface area contributed by atoms with E-state index in [1.54, 1.807) is 19.2 Å². The van der Waals surface area contributed by atoms with Crippen LogP contribution in [0.25, 0.3) is 0 Å². The fraction of sp³-hybridized carbons (Fsp3) is 0.600. The summed E-state index contributed by atoms with van der Waals surface area (Å²) in [6.45, 7) is 2.76. The first-order valence-electron chi connectivity index (χ1n) is 7.41. The van der Waals surface area contributed by atoms with Crippen LogP contribution < -0.4 is 15.4 Å². The molecule has 2 rings (SSSR count). The molecule has 1 aromatic carbocycles. The zero-order chi connectivity index (χ0) is 15.4. The standard InChI is InChI=1S/C15H23N3O3/c1-3-17(12-6-4-11(16)5-7-12)15-10-13(21-2)8-9-14(15)18(19)20/h8-12H,3-7,16H2,1-2H3. The molecule has 0 atom stereocenters. The number of hydrogen-bond acceptors (Lipinski definition) is 5. The number of ether oxygens (including phenoxy) is 1. The topological polar surface area (TPSA) is 81.6 Å². The van der Waals surface area contributed by atoms with Gasteiger partial charge < -0.3 is 15.4 Å². The molecule has 0 aromatic heterocycles. The zero-order valence-electron chi connectivity index (χ0n) is 12.6. The molecule has 1 saturated carbocycles. The number of hydrogen-bond donors (Lipinski definition) is 1. The van der Waals surface area contributed by atoms with E-state index in [-0.39, 0.29) is 16.7 Å². The molecular weight excluding hydrogens is 270 g/mol. The molecule has 1 aliphatic rings. The Labute approximate surface area is 125 Å². The van der Waals surface area contributed by atoms with Gasteiger partial charge in [0.05, 0.1) is 12.0 Å². The molecule has 0 saturated heterocycles. The number of anilines is 1. The molecule has 0 amide bonds. The minimum Gasteiger partial charge on any atom is -0.497 e. The third-order valence-electron chi connectivity index (χ3n) is 4.21. The largest absolute Gasteiger partial charge is 0.497 e. The number of methoxy groups -OCH3 is 1. The molecule has 116 valence electrons. The lowest BCUT2D eigenvalue weighted by Crippen LogP contribution is -2.41. The summed E-state index contributed by atoms with van der Waals surface area (Å²) < 4.78 is 5.22. The maximum absolute atomic E-state index is 11.3. The van der Waals surface area contributed by atoms with Crippen LogP contribution in [-0.2, 0) is 0 Å². The monoisotopic (exact) mass is 293 g/mol. The van der Waals surface area contributed by atoms with Crippen molar-refractivity contribution in [2.24, 2.45) is 5.73 Å². The number of benzene rings is 1. The van der Waals surface area contributed by atoms with Gasteiger partial charge in [0.25, 0.3) is 5.69 Å². The maximum atomic E-state index is 11.3. The van der Waals surface area contributed by atoms with Crippen LogP contribution >= 0.6 is 0 Å². The van der Waals surface area contributed by atoms with Crippen LogP contribution in [0.3, 0.4) is 0 Å². The van der Waals surface area contributed by atoms with Crippen LogP contribution in [0.15, 0.2) is 18.2 Å². The van der Waals surface area contributed by atoms with Gasteiger partial charge in [0.1, 0.15) is 11.4 Å². The number of rotatable bonds is 5. The first kappa shape index (κ1) is 15.6. The highest BCUT2D eigenvalue weighted by molar-refractivity contribution is 5.66. The lowest BCUT2D eigenvalue weighted by molar-refractivity contribution is -0.384. The summed E-state index contributed by atoms with van der Waals surface area (Å²) in [4.78, 5) is 13.1. The Balaban J connectivity index is 2.33. The molecular formula is C15H23N3O3. The molecule has 1 aromatic rings. The Morgan fingerprint density at radius 2 is 2.05 bits per heavy atom. The van der Waals surface area contributed by atoms with Gasteiger partial charge in [-0.2, -0.15) is 0 Å². The van der Waals surface area contributed by atoms with Gasteiger partial charge in [-0.25, -0.2) is 0 Å². The minimum absolute atomic E-state index is 0.132. The SMILES string of the molecule is CCN(c1cc(OC)ccc1[N+](=O)[O-])C1CCC(N)CC1. The molecule has 0 unspecified atom stereocenters. The second kappa shape index (κ2) is 6.76. The van der Waals surface area contributed by atoms with Crippen LogP contribution in [0.1, 0.15) is 32.6 Å². The number of nitro benzene ring substituents is 1. The van der Waals surface area contributed by atoms with Crippen molar-refractivity contribution in [2.45, 2.75) is 44.7 Å². The lowest BCUT2D eigenvalue weighted by atomic mass is 9.90. The second-order valence-corrected chi connectivity index (χ2v) is 5.47. The number of nitrogens with two attached hydrogens (primary N) is 1. The summed E-state index contributed by atoms with van der Waals surface area (Å²) >= 11 is 0. The average molecular weight is 293 g/mol. The Morgan fingerprint density at radius 1 is 1.38 bits per heavy atom. The average Bonchev–Trinajstić information content (AvgIpc) is 2.49. The molecule has 1 fully saturated rings. The van der Waals surface area contributed by atoms with Gasteiger partial charge in [0.2, 0.25) is 0 Å². The van der Waals surface area contributed by atoms with Crippen LogP contribution in [0, 0.1) is 10.1 Å². The summed E-state index contributed by atoms with van der Waals surface area (Å²) in [5.74, 6) is 0.640. The third-order valence-corrected chi connectivity index (χ3v) is 4.21. The van der Waals surface area contributed by atoms with E-state index in [0.717, 1.165) is 32.2 Å². The van der Waals surface area contributed by atoms with Gasteiger partial charge in [-0.3, -0.25) is 10.1 Å². The molecule has 6 heteroatoms. The smallest absolute Gasteiger partial charge is 0.292 e. The second-order valence-electron chi connectivity index (χ2n) is 5.47. The van der Waals surface area contributed by atoms with E-state index in [4.69, 9.17) is 10.5 Å². The number of nitrogens with zero attached hydrogens (tertiary/aromatic N) is 2. The molecule has 0 bridgehead atoms. The first-order valence-corrected chi connectivity index (χ1v) is 7.41. The van der Waals surface area contributed by atoms with Gasteiger partial charge in [0.15, 0.2) is 0 Å². The quantitative estimate of drug-likeness (QED) is 0.666. The Morgan fingerprint density at radius 3 is 2.57 bits per heavy atom. The van der Waals surface area contributed by atoms with E-state index >= 15 is 0 Å². The van der Waals surface area contributed by atoms with Crippen molar-refractivity contribution in [2.75, 3.05) is 18.6 Å². The Kier molecular flexibility index (Phi) is 5.01. The van der Waals surface area contributed by atoms with Crippen molar-refractivity contribution < 1.29 is 9.66 Å². The van der Waals surface area contributed by atoms with Crippen LogP contribution in [-0.4, -0.2) is 30.7 Å². The molecule has 2 N–H and O–H groups in total. The summed E-state index contributed by atoms with van der Waals surface area (Å²) in [5, 5.41) is 11.3. The van der Waals surface area contributed by atoms with Crippen molar-refractivity contribution >= 4 is 11.4 Å². The van der Waals surface area contributed by atoms with Gasteiger partial charge in [-0.15, -0.1) is 0 Å². The predicted molar refractivity (Wildman–Crippen MR) is 82.9 cm³/mol. The Bertz CT molecular complexity index is 499. The molecule has 0 spiro atoms. The molecule has 1 aliphatic carbocycles. The third kappa shape index (κ3) is 3.44. The fourth-order valence-corrected chi connectivity index (χ4v) is 3.05. The normalized spacial score (nSPS) is 21.9. The molecule has 0 aliphatic heterocycles. The molecule has 0 radical (unpaired) electrons. The van der Waals surface area contributed by atoms with Crippen molar-refractivity contribution in [3.05, 3.63) is 28.3 Å². The highest BCUT2D eigenvalue weighted by Crippen LogP contribution is 2.36. The zero-order valence-corrected chi connectivity index (χ0v) is 12.6. The highest BCUT2D eigenvalue weighted by atomic mass is 16.6. The maximum Gasteiger partial charge on any atom is 0.292 e. The summed E-state index contributed by atoms with van der Waals surface area (Å²) in [5.41, 5.74) is 6.73. The van der Waals surface area contributed by atoms with Crippen LogP contribution in [0.5, 0.6) is 5.75 Å². The predicted octanol–water partition coefficient (Wildman–Crippen LogP) is 2.70. The van der Waals surface area contributed by atoms with E-state index in [1.165, 1.54) is 6.07 Å². The summed E-state index contributed by atoms with van der Waals surface area (Å²) in [7, 11) is 1.57. The van der Waals surface area contributed by atoms with E-state index < -0.39 is 0 Å². The highest BCUT2D eigenvalue weighted by Gasteiger charge is 2.28. The lowest BCUT2D eigenvalue weighted by Gasteiger charge is -2.36. The van der Waals surface area contributed by atoms with Gasteiger partial charge in [-0.05, 0) is 38.7 Å². The molecule has 21 heavy (non-hydrogen) atoms. The van der Waals surface area contributed by atoms with E-state index in [1.807, 2.05) is 6.92 Å². The van der Waals surface area contributed by atoms with Crippen molar-refractivity contribution in [3.8, 4) is 5.75 Å². The molecule has 6 nitrogen and oxygen atoms in total. The van der Waals surface area contributed by atoms with Gasteiger partial charge >= 0.3 is 0 Å². The summed E-state index contributed by atoms with van der Waals surface area (Å²) in [6.07, 6.45) is 3.89. The van der Waals surface area contributed by atoms with Crippen LogP contribution in [0.2, 0.25) is 0 Å². The van der Waals surface area contributed by atoms with Gasteiger partial charge in [0, 0.05) is 30.8 Å². The fourth-order valence-electron chi connectivity index (χ4n) is 3.05. The van der Waals surface area contributed by atoms with Crippen LogP contribution in [0.4, 0.5) is 11.4 Å². The van der Waals surface area contributed by atoms with E-state index in [2.05, 4.69) is 4.90 Å². The molecule has 0 heterocycles. The van der Waals surface area contributed by atoms with E-state index in [9.17, 15) is 10.1 Å². The van der Waals surface area contributed by atoms with Crippen molar-refractivity contribution in [3.63, 3.8) is 0 Å². The Hall–Kier alpha value is -1.82. The first-order chi connectivity index (χ1) is 10.1.